The Hall–Kier alpha value is -6.83. The van der Waals surface area contributed by atoms with Crippen LogP contribution in [0.2, 0.25) is 0 Å². The molecule has 0 saturated carbocycles. The van der Waals surface area contributed by atoms with Crippen molar-refractivity contribution in [3.8, 4) is 22.5 Å². The van der Waals surface area contributed by atoms with E-state index in [1.54, 1.807) is 0 Å². The van der Waals surface area contributed by atoms with E-state index in [-0.39, 0.29) is 39.8 Å². The Bertz CT molecular complexity index is 2190. The summed E-state index contributed by atoms with van der Waals surface area (Å²) in [6.45, 7) is 0. The predicted molar refractivity (Wildman–Crippen MR) is 178 cm³/mol. The number of halogens is 6. The summed E-state index contributed by atoms with van der Waals surface area (Å²) in [5, 5.41) is 2.56. The first kappa shape index (κ1) is 35.5. The molecular formula is C37H23F6N5O3. The summed E-state index contributed by atoms with van der Waals surface area (Å²) >= 11 is 0. The number of benzene rings is 4. The Labute approximate surface area is 285 Å². The van der Waals surface area contributed by atoms with Gasteiger partial charge in [0.1, 0.15) is 57.9 Å². The van der Waals surface area contributed by atoms with Gasteiger partial charge in [-0.1, -0.05) is 12.1 Å². The standard InChI is InChI=1S/C19H12F3N3O2.C18H11F3N2O/c20-13-7-4-11(5-8-13)17-12(10-26)6-9-16(24-17)25(19(23)27)18-14(21)2-1-3-15(18)22;19-13-7-4-11(5-8-13)17-12(10-24)6-9-16(22-17)23-18-14(20)2-1-3-15(18)21/h1-10H,(H2,23,27);1-10H,(H,22,23). The normalized spacial score (nSPS) is 10.5. The summed E-state index contributed by atoms with van der Waals surface area (Å²) in [5.74, 6) is -4.51. The second-order valence-corrected chi connectivity index (χ2v) is 10.5. The number of nitrogens with two attached hydrogens (primary N) is 1. The highest BCUT2D eigenvalue weighted by molar-refractivity contribution is 5.98. The number of anilines is 4. The Morgan fingerprint density at radius 2 is 1.04 bits per heavy atom. The molecule has 0 aliphatic rings. The molecule has 6 aromatic rings. The number of para-hydroxylation sites is 2. The number of aromatic nitrogens is 2. The van der Waals surface area contributed by atoms with Crippen LogP contribution in [0.4, 0.5) is 54.1 Å². The quantitative estimate of drug-likeness (QED) is 0.121. The molecule has 0 fully saturated rings. The van der Waals surface area contributed by atoms with Gasteiger partial charge in [0.2, 0.25) is 0 Å². The number of carbonyl (C=O) groups excluding carboxylic acids is 3. The average molecular weight is 700 g/mol. The molecule has 2 amide bonds. The van der Waals surface area contributed by atoms with Gasteiger partial charge >= 0.3 is 6.03 Å². The van der Waals surface area contributed by atoms with Crippen molar-refractivity contribution in [1.29, 1.82) is 0 Å². The van der Waals surface area contributed by atoms with Crippen LogP contribution in [0.15, 0.2) is 109 Å². The number of hydrogen-bond acceptors (Lipinski definition) is 6. The van der Waals surface area contributed by atoms with Crippen LogP contribution >= 0.6 is 0 Å². The van der Waals surface area contributed by atoms with Crippen molar-refractivity contribution in [1.82, 2.24) is 9.97 Å². The minimum Gasteiger partial charge on any atom is -0.351 e. The largest absolute Gasteiger partial charge is 0.351 e. The van der Waals surface area contributed by atoms with Gasteiger partial charge in [-0.2, -0.15) is 0 Å². The lowest BCUT2D eigenvalue weighted by molar-refractivity contribution is 0.111. The van der Waals surface area contributed by atoms with Gasteiger partial charge in [0.25, 0.3) is 0 Å². The van der Waals surface area contributed by atoms with Crippen LogP contribution in [0.5, 0.6) is 0 Å². The van der Waals surface area contributed by atoms with E-state index in [4.69, 9.17) is 5.73 Å². The van der Waals surface area contributed by atoms with E-state index in [0.29, 0.717) is 28.6 Å². The first-order valence-electron chi connectivity index (χ1n) is 14.7. The van der Waals surface area contributed by atoms with E-state index in [1.807, 2.05) is 0 Å². The molecule has 2 heterocycles. The third-order valence-electron chi connectivity index (χ3n) is 7.15. The molecule has 3 N–H and O–H groups in total. The maximum absolute atomic E-state index is 14.1. The van der Waals surface area contributed by atoms with Gasteiger partial charge in [-0.25, -0.2) is 46.0 Å². The van der Waals surface area contributed by atoms with E-state index in [2.05, 4.69) is 15.3 Å². The lowest BCUT2D eigenvalue weighted by Crippen LogP contribution is -2.33. The lowest BCUT2D eigenvalue weighted by Gasteiger charge is -2.21. The number of nitrogens with zero attached hydrogens (tertiary/aromatic N) is 3. The van der Waals surface area contributed by atoms with Gasteiger partial charge in [-0.3, -0.25) is 9.59 Å². The van der Waals surface area contributed by atoms with Crippen molar-refractivity contribution in [3.05, 3.63) is 155 Å². The highest BCUT2D eigenvalue weighted by Crippen LogP contribution is 2.32. The van der Waals surface area contributed by atoms with Crippen molar-refractivity contribution in [2.75, 3.05) is 10.2 Å². The zero-order valence-electron chi connectivity index (χ0n) is 26.0. The Morgan fingerprint density at radius 1 is 0.588 bits per heavy atom. The van der Waals surface area contributed by atoms with Crippen molar-refractivity contribution in [3.63, 3.8) is 0 Å². The number of carbonyl (C=O) groups is 3. The zero-order chi connectivity index (χ0) is 36.7. The van der Waals surface area contributed by atoms with Crippen LogP contribution < -0.4 is 16.0 Å². The first-order chi connectivity index (χ1) is 24.5. The summed E-state index contributed by atoms with van der Waals surface area (Å²) in [6, 6.07) is 21.4. The summed E-state index contributed by atoms with van der Waals surface area (Å²) in [7, 11) is 0. The van der Waals surface area contributed by atoms with Crippen molar-refractivity contribution >= 4 is 41.6 Å². The van der Waals surface area contributed by atoms with Gasteiger partial charge in [0, 0.05) is 22.3 Å². The topological polar surface area (TPSA) is 118 Å². The highest BCUT2D eigenvalue weighted by Gasteiger charge is 2.25. The number of primary amides is 1. The number of pyridine rings is 2. The smallest absolute Gasteiger partial charge is 0.325 e. The number of urea groups is 1. The van der Waals surface area contributed by atoms with Gasteiger partial charge in [-0.15, -0.1) is 0 Å². The SMILES string of the molecule is NC(=O)N(c1ccc(C=O)c(-c2ccc(F)cc2)n1)c1c(F)cccc1F.O=Cc1ccc(Nc2c(F)cccc2F)nc1-c1ccc(F)cc1. The Kier molecular flexibility index (Phi) is 10.8. The molecule has 0 aliphatic heterocycles. The molecule has 51 heavy (non-hydrogen) atoms. The minimum atomic E-state index is -1.17. The van der Waals surface area contributed by atoms with Crippen molar-refractivity contribution < 1.29 is 40.7 Å². The fraction of sp³-hybridized carbons (Fsp3) is 0. The molecule has 0 aliphatic carbocycles. The predicted octanol–water partition coefficient (Wildman–Crippen LogP) is 8.92. The maximum Gasteiger partial charge on any atom is 0.325 e. The fourth-order valence-corrected chi connectivity index (χ4v) is 4.78. The summed E-state index contributed by atoms with van der Waals surface area (Å²) in [5.41, 5.74) is 5.97. The van der Waals surface area contributed by atoms with Crippen LogP contribution in [0.25, 0.3) is 22.5 Å². The van der Waals surface area contributed by atoms with Crippen molar-refractivity contribution in [2.45, 2.75) is 0 Å². The second-order valence-electron chi connectivity index (χ2n) is 10.5. The van der Waals surface area contributed by atoms with Crippen LogP contribution in [0.3, 0.4) is 0 Å². The number of amides is 2. The van der Waals surface area contributed by atoms with Crippen LogP contribution in [0.1, 0.15) is 20.7 Å². The number of rotatable bonds is 8. The molecule has 0 radical (unpaired) electrons. The molecule has 2 aromatic heterocycles. The minimum absolute atomic E-state index is 0.102. The maximum atomic E-state index is 14.1. The molecule has 14 heteroatoms. The molecule has 256 valence electrons. The van der Waals surface area contributed by atoms with Gasteiger partial charge in [0.05, 0.1) is 11.4 Å². The monoisotopic (exact) mass is 699 g/mol. The van der Waals surface area contributed by atoms with E-state index < -0.39 is 46.6 Å². The van der Waals surface area contributed by atoms with E-state index >= 15 is 0 Å². The molecule has 0 bridgehead atoms. The highest BCUT2D eigenvalue weighted by atomic mass is 19.2. The molecule has 0 unspecified atom stereocenters. The lowest BCUT2D eigenvalue weighted by atomic mass is 10.1. The average Bonchev–Trinajstić information content (AvgIpc) is 3.12. The second kappa shape index (κ2) is 15.6. The molecular weight excluding hydrogens is 676 g/mol. The van der Waals surface area contributed by atoms with Gasteiger partial charge < -0.3 is 11.1 Å². The van der Waals surface area contributed by atoms with Gasteiger partial charge in [-0.05, 0) is 97.1 Å². The molecule has 8 nitrogen and oxygen atoms in total. The molecule has 0 atom stereocenters. The third-order valence-corrected chi connectivity index (χ3v) is 7.15. The van der Waals surface area contributed by atoms with E-state index in [9.17, 15) is 40.7 Å². The number of hydrogen-bond donors (Lipinski definition) is 2. The van der Waals surface area contributed by atoms with Crippen LogP contribution in [0, 0.1) is 34.9 Å². The fourth-order valence-electron chi connectivity index (χ4n) is 4.78. The third kappa shape index (κ3) is 8.08. The molecule has 0 saturated heterocycles. The van der Waals surface area contributed by atoms with Crippen molar-refractivity contribution in [2.24, 2.45) is 5.73 Å². The van der Waals surface area contributed by atoms with E-state index in [1.165, 1.54) is 78.9 Å². The van der Waals surface area contributed by atoms with Crippen LogP contribution in [-0.4, -0.2) is 28.6 Å². The molecule has 4 aromatic carbocycles. The first-order valence-corrected chi connectivity index (χ1v) is 14.7. The summed E-state index contributed by atoms with van der Waals surface area (Å²) in [4.78, 5) is 43.4. The summed E-state index contributed by atoms with van der Waals surface area (Å²) < 4.78 is 82.0. The van der Waals surface area contributed by atoms with Crippen LogP contribution in [-0.2, 0) is 0 Å². The zero-order valence-corrected chi connectivity index (χ0v) is 26.0. The molecule has 6 rings (SSSR count). The molecule has 0 spiro atoms. The summed E-state index contributed by atoms with van der Waals surface area (Å²) in [6.07, 6.45) is 1.13. The Balaban J connectivity index is 0.000000199. The Morgan fingerprint density at radius 3 is 1.51 bits per heavy atom. The number of aldehydes is 2. The number of nitrogens with one attached hydrogen (secondary N) is 1. The van der Waals surface area contributed by atoms with E-state index in [0.717, 1.165) is 30.3 Å². The van der Waals surface area contributed by atoms with Gasteiger partial charge in [0.15, 0.2) is 12.6 Å².